The number of hydrogen-bond donors (Lipinski definition) is 1. The number of carbonyl (C=O) groups excluding carboxylic acids is 1. The summed E-state index contributed by atoms with van der Waals surface area (Å²) >= 11 is 0. The topological polar surface area (TPSA) is 49.8 Å². The molecule has 0 spiro atoms. The monoisotopic (exact) mass is 263 g/mol. The van der Waals surface area contributed by atoms with E-state index in [9.17, 15) is 9.90 Å². The summed E-state index contributed by atoms with van der Waals surface area (Å²) in [6, 6.07) is 7.37. The molecular formula is C15H21NO3. The Morgan fingerprint density at radius 1 is 1.37 bits per heavy atom. The lowest BCUT2D eigenvalue weighted by molar-refractivity contribution is 0.0709. The summed E-state index contributed by atoms with van der Waals surface area (Å²) in [6.07, 6.45) is 1.29. The molecule has 19 heavy (non-hydrogen) atoms. The molecule has 0 saturated carbocycles. The van der Waals surface area contributed by atoms with Gasteiger partial charge in [-0.3, -0.25) is 9.69 Å². The number of aliphatic hydroxyl groups is 1. The molecule has 0 radical (unpaired) electrons. The number of Topliss-reactive ketones (excluding diaryl/α,β-unsaturated/α-hetero) is 1. The number of benzene rings is 1. The summed E-state index contributed by atoms with van der Waals surface area (Å²) in [5, 5.41) is 9.46. The smallest absolute Gasteiger partial charge is 0.180 e. The molecule has 1 aliphatic heterocycles. The summed E-state index contributed by atoms with van der Waals surface area (Å²) < 4.78 is 5.49. The second kappa shape index (κ2) is 6.68. The van der Waals surface area contributed by atoms with Crippen LogP contribution in [0.4, 0.5) is 0 Å². The number of ketones is 1. The van der Waals surface area contributed by atoms with E-state index in [0.717, 1.165) is 25.9 Å². The van der Waals surface area contributed by atoms with Crippen molar-refractivity contribution < 1.29 is 14.6 Å². The van der Waals surface area contributed by atoms with Gasteiger partial charge in [-0.2, -0.15) is 0 Å². The van der Waals surface area contributed by atoms with Crippen LogP contribution >= 0.6 is 0 Å². The maximum Gasteiger partial charge on any atom is 0.180 e. The molecule has 1 saturated heterocycles. The van der Waals surface area contributed by atoms with Gasteiger partial charge in [-0.1, -0.05) is 12.1 Å². The highest BCUT2D eigenvalue weighted by molar-refractivity contribution is 6.00. The number of ether oxygens (including phenoxy) is 1. The van der Waals surface area contributed by atoms with Crippen LogP contribution in [0.3, 0.4) is 0 Å². The minimum absolute atomic E-state index is 0.0837. The van der Waals surface area contributed by atoms with Crippen LogP contribution in [0.25, 0.3) is 0 Å². The van der Waals surface area contributed by atoms with Gasteiger partial charge in [-0.25, -0.2) is 0 Å². The molecule has 0 aliphatic carbocycles. The molecule has 4 heteroatoms. The number of hydrogen-bond acceptors (Lipinski definition) is 4. The molecular weight excluding hydrogens is 242 g/mol. The van der Waals surface area contributed by atoms with Crippen molar-refractivity contribution in [3.8, 4) is 5.75 Å². The number of carbonyl (C=O) groups is 1. The normalized spacial score (nSPS) is 17.4. The lowest BCUT2D eigenvalue weighted by Crippen LogP contribution is -2.39. The molecule has 1 aliphatic rings. The van der Waals surface area contributed by atoms with Gasteiger partial charge in [0.15, 0.2) is 5.78 Å². The van der Waals surface area contributed by atoms with Gasteiger partial charge in [0, 0.05) is 13.1 Å². The average Bonchev–Trinajstić information content (AvgIpc) is 2.42. The van der Waals surface area contributed by atoms with Crippen LogP contribution in [-0.4, -0.2) is 48.1 Å². The van der Waals surface area contributed by atoms with Crippen LogP contribution in [0.15, 0.2) is 24.3 Å². The van der Waals surface area contributed by atoms with Crippen molar-refractivity contribution in [1.29, 1.82) is 0 Å². The van der Waals surface area contributed by atoms with E-state index in [1.54, 1.807) is 0 Å². The van der Waals surface area contributed by atoms with Gasteiger partial charge in [0.1, 0.15) is 5.75 Å². The number of para-hydroxylation sites is 1. The standard InChI is InChI=1S/C15H21NO3/c1-2-19-15-6-4-3-5-13(15)14(18)11-16-9-7-12(17)8-10-16/h3-6,12,17H,2,7-11H2,1H3. The van der Waals surface area contributed by atoms with E-state index in [1.165, 1.54) is 0 Å². The Balaban J connectivity index is 1.99. The minimum atomic E-state index is -0.206. The highest BCUT2D eigenvalue weighted by Gasteiger charge is 2.21. The predicted molar refractivity (Wildman–Crippen MR) is 73.6 cm³/mol. The molecule has 1 aromatic rings. The highest BCUT2D eigenvalue weighted by Crippen LogP contribution is 2.19. The molecule has 0 atom stereocenters. The zero-order valence-corrected chi connectivity index (χ0v) is 11.3. The van der Waals surface area contributed by atoms with Crippen molar-refractivity contribution in [2.45, 2.75) is 25.9 Å². The second-order valence-corrected chi connectivity index (χ2v) is 4.86. The summed E-state index contributed by atoms with van der Waals surface area (Å²) in [5.41, 5.74) is 0.649. The van der Waals surface area contributed by atoms with Crippen LogP contribution in [0.2, 0.25) is 0 Å². The average molecular weight is 263 g/mol. The molecule has 1 heterocycles. The summed E-state index contributed by atoms with van der Waals surface area (Å²) in [5.74, 6) is 0.743. The van der Waals surface area contributed by atoms with Crippen molar-refractivity contribution in [2.75, 3.05) is 26.2 Å². The Labute approximate surface area is 114 Å². The SMILES string of the molecule is CCOc1ccccc1C(=O)CN1CCC(O)CC1. The van der Waals surface area contributed by atoms with E-state index < -0.39 is 0 Å². The molecule has 0 unspecified atom stereocenters. The number of rotatable bonds is 5. The maximum absolute atomic E-state index is 12.3. The molecule has 0 amide bonds. The fourth-order valence-corrected chi connectivity index (χ4v) is 2.34. The van der Waals surface area contributed by atoms with Gasteiger partial charge in [0.05, 0.1) is 24.8 Å². The van der Waals surface area contributed by atoms with E-state index in [0.29, 0.717) is 24.5 Å². The fourth-order valence-electron chi connectivity index (χ4n) is 2.34. The number of likely N-dealkylation sites (tertiary alicyclic amines) is 1. The first-order valence-corrected chi connectivity index (χ1v) is 6.86. The van der Waals surface area contributed by atoms with Crippen molar-refractivity contribution in [3.05, 3.63) is 29.8 Å². The molecule has 1 N–H and O–H groups in total. The third-order valence-corrected chi connectivity index (χ3v) is 3.41. The minimum Gasteiger partial charge on any atom is -0.493 e. The fraction of sp³-hybridized carbons (Fsp3) is 0.533. The number of aliphatic hydroxyl groups excluding tert-OH is 1. The number of nitrogens with zero attached hydrogens (tertiary/aromatic N) is 1. The number of piperidine rings is 1. The molecule has 0 aromatic heterocycles. The molecule has 2 rings (SSSR count). The molecule has 104 valence electrons. The molecule has 0 bridgehead atoms. The molecule has 4 nitrogen and oxygen atoms in total. The van der Waals surface area contributed by atoms with Crippen molar-refractivity contribution in [3.63, 3.8) is 0 Å². The van der Waals surface area contributed by atoms with E-state index in [-0.39, 0.29) is 11.9 Å². The van der Waals surface area contributed by atoms with Crippen LogP contribution in [0, 0.1) is 0 Å². The third-order valence-electron chi connectivity index (χ3n) is 3.41. The zero-order chi connectivity index (χ0) is 13.7. The van der Waals surface area contributed by atoms with Crippen LogP contribution in [-0.2, 0) is 0 Å². The summed E-state index contributed by atoms with van der Waals surface area (Å²) in [4.78, 5) is 14.4. The van der Waals surface area contributed by atoms with E-state index in [2.05, 4.69) is 4.90 Å². The van der Waals surface area contributed by atoms with Crippen molar-refractivity contribution in [2.24, 2.45) is 0 Å². The largest absolute Gasteiger partial charge is 0.493 e. The van der Waals surface area contributed by atoms with Gasteiger partial charge >= 0.3 is 0 Å². The van der Waals surface area contributed by atoms with Gasteiger partial charge in [-0.05, 0) is 31.9 Å². The van der Waals surface area contributed by atoms with Crippen LogP contribution in [0.1, 0.15) is 30.1 Å². The first-order chi connectivity index (χ1) is 9.20. The Morgan fingerprint density at radius 3 is 2.74 bits per heavy atom. The Kier molecular flexibility index (Phi) is 4.93. The first-order valence-electron chi connectivity index (χ1n) is 6.86. The van der Waals surface area contributed by atoms with E-state index in [1.807, 2.05) is 31.2 Å². The lowest BCUT2D eigenvalue weighted by atomic mass is 10.1. The Morgan fingerprint density at radius 2 is 2.05 bits per heavy atom. The summed E-state index contributed by atoms with van der Waals surface area (Å²) in [7, 11) is 0. The zero-order valence-electron chi connectivity index (χ0n) is 11.3. The molecule has 1 aromatic carbocycles. The Hall–Kier alpha value is -1.39. The molecule has 1 fully saturated rings. The van der Waals surface area contributed by atoms with Gasteiger partial charge in [-0.15, -0.1) is 0 Å². The lowest BCUT2D eigenvalue weighted by Gasteiger charge is -2.28. The van der Waals surface area contributed by atoms with Crippen molar-refractivity contribution in [1.82, 2.24) is 4.90 Å². The van der Waals surface area contributed by atoms with Crippen LogP contribution < -0.4 is 4.74 Å². The van der Waals surface area contributed by atoms with E-state index >= 15 is 0 Å². The second-order valence-electron chi connectivity index (χ2n) is 4.86. The van der Waals surface area contributed by atoms with Gasteiger partial charge in [0.2, 0.25) is 0 Å². The summed E-state index contributed by atoms with van der Waals surface area (Å²) in [6.45, 7) is 4.43. The van der Waals surface area contributed by atoms with Gasteiger partial charge in [0.25, 0.3) is 0 Å². The van der Waals surface area contributed by atoms with Crippen LogP contribution in [0.5, 0.6) is 5.75 Å². The quantitative estimate of drug-likeness (QED) is 0.822. The third kappa shape index (κ3) is 3.78. The predicted octanol–water partition coefficient (Wildman–Crippen LogP) is 1.72. The Bertz CT molecular complexity index is 425. The highest BCUT2D eigenvalue weighted by atomic mass is 16.5. The van der Waals surface area contributed by atoms with Gasteiger partial charge < -0.3 is 9.84 Å². The maximum atomic E-state index is 12.3. The first kappa shape index (κ1) is 14.0. The van der Waals surface area contributed by atoms with E-state index in [4.69, 9.17) is 4.74 Å². The van der Waals surface area contributed by atoms with Crippen molar-refractivity contribution >= 4 is 5.78 Å².